The summed E-state index contributed by atoms with van der Waals surface area (Å²) in [5, 5.41) is 13.0. The summed E-state index contributed by atoms with van der Waals surface area (Å²) in [6, 6.07) is 18.5. The van der Waals surface area contributed by atoms with Gasteiger partial charge in [-0.3, -0.25) is 4.98 Å². The Morgan fingerprint density at radius 1 is 1.04 bits per heavy atom. The van der Waals surface area contributed by atoms with Crippen molar-refractivity contribution in [2.75, 3.05) is 13.6 Å². The van der Waals surface area contributed by atoms with Crippen LogP contribution in [0.2, 0.25) is 10.0 Å². The van der Waals surface area contributed by atoms with Crippen LogP contribution in [0.25, 0.3) is 21.8 Å². The molecule has 1 unspecified atom stereocenters. The molecule has 2 heterocycles. The Kier molecular flexibility index (Phi) is 20.9. The smallest absolute Gasteiger partial charge is 0.116 e. The molecule has 0 spiro atoms. The molecular formula is C39H56Cl2N4O. The molecule has 1 fully saturated rings. The Labute approximate surface area is 288 Å². The molecule has 4 aromatic rings. The number of carbonyl (C=O) groups excluding carboxylic acids is 1. The third-order valence-electron chi connectivity index (χ3n) is 8.08. The van der Waals surface area contributed by atoms with Crippen LogP contribution in [0.3, 0.4) is 0 Å². The molecule has 1 N–H and O–H groups in total. The molecule has 1 atom stereocenters. The summed E-state index contributed by atoms with van der Waals surface area (Å²) < 4.78 is 0. The Morgan fingerprint density at radius 3 is 2.24 bits per heavy atom. The van der Waals surface area contributed by atoms with Crippen LogP contribution < -0.4 is 0 Å². The molecular weight excluding hydrogens is 611 g/mol. The molecule has 0 aliphatic heterocycles. The van der Waals surface area contributed by atoms with Crippen molar-refractivity contribution in [3.63, 3.8) is 0 Å². The van der Waals surface area contributed by atoms with E-state index in [2.05, 4.69) is 79.1 Å². The standard InChI is InChI=1S/C21H24N4.C7H6Cl2.C7H16.C2H4O.C2H6/c1-25(13-16-8-6-15(11-22)7-9-16)14-17-10-19-18-4-2-3-5-20(18)24-21(19)12-23-17;1-5-4-6(8)2-3-7(5)9;1-4-6-7(3)5-2;1-2-3;1-2/h2-5,10,12,15-16,24H,6-9,13-14H2,1H3;2-4H,1H3;7H,4-6H2,1-3H3;2H,1H3;1-2H3. The monoisotopic (exact) mass is 666 g/mol. The molecule has 0 bridgehead atoms. The van der Waals surface area contributed by atoms with Gasteiger partial charge in [-0.1, -0.05) is 95.3 Å². The Morgan fingerprint density at radius 2 is 1.70 bits per heavy atom. The number of benzene rings is 2. The van der Waals surface area contributed by atoms with Crippen molar-refractivity contribution >= 4 is 51.3 Å². The molecule has 5 nitrogen and oxygen atoms in total. The highest BCUT2D eigenvalue weighted by atomic mass is 35.5. The lowest BCUT2D eigenvalue weighted by atomic mass is 9.82. The van der Waals surface area contributed by atoms with Crippen LogP contribution in [0.15, 0.2) is 54.7 Å². The first-order valence-corrected chi connectivity index (χ1v) is 17.7. The summed E-state index contributed by atoms with van der Waals surface area (Å²) in [4.78, 5) is 19.3. The highest BCUT2D eigenvalue weighted by Crippen LogP contribution is 2.29. The van der Waals surface area contributed by atoms with Crippen molar-refractivity contribution < 1.29 is 4.79 Å². The van der Waals surface area contributed by atoms with Gasteiger partial charge in [-0.05, 0) is 94.3 Å². The number of nitrogens with one attached hydrogen (secondary N) is 1. The number of aryl methyl sites for hydroxylation is 1. The van der Waals surface area contributed by atoms with Gasteiger partial charge in [0.05, 0.1) is 23.5 Å². The molecule has 5 rings (SSSR count). The van der Waals surface area contributed by atoms with E-state index >= 15 is 0 Å². The summed E-state index contributed by atoms with van der Waals surface area (Å²) in [5.41, 5.74) is 4.40. The number of para-hydroxylation sites is 1. The zero-order chi connectivity index (χ0) is 34.5. The SMILES string of the molecule is CC.CC=O.CCCC(C)CC.CN(Cc1cc2c(cn1)[nH]c1ccccc12)CC1CCC(C#N)CC1.Cc1cc(Cl)ccc1Cl. The first-order chi connectivity index (χ1) is 22.1. The molecule has 7 heteroatoms. The fourth-order valence-electron chi connectivity index (χ4n) is 5.44. The summed E-state index contributed by atoms with van der Waals surface area (Å²) in [7, 11) is 2.18. The van der Waals surface area contributed by atoms with Crippen molar-refractivity contribution in [2.24, 2.45) is 17.8 Å². The van der Waals surface area contributed by atoms with Crippen LogP contribution in [0.5, 0.6) is 0 Å². The number of H-pyrrole nitrogens is 1. The normalized spacial score (nSPS) is 15.9. The lowest BCUT2D eigenvalue weighted by Gasteiger charge is -2.28. The maximum atomic E-state index is 9.03. The minimum atomic E-state index is 0.285. The molecule has 252 valence electrons. The number of hydrogen-bond acceptors (Lipinski definition) is 4. The number of nitriles is 1. The van der Waals surface area contributed by atoms with Gasteiger partial charge in [0.15, 0.2) is 0 Å². The van der Waals surface area contributed by atoms with Crippen LogP contribution in [-0.2, 0) is 11.3 Å². The number of carbonyl (C=O) groups is 1. The molecule has 1 aliphatic rings. The van der Waals surface area contributed by atoms with E-state index in [1.54, 1.807) is 12.1 Å². The van der Waals surface area contributed by atoms with E-state index in [1.807, 2.05) is 33.0 Å². The number of hydrogen-bond donors (Lipinski definition) is 1. The van der Waals surface area contributed by atoms with Crippen molar-refractivity contribution in [1.29, 1.82) is 5.26 Å². The van der Waals surface area contributed by atoms with Gasteiger partial charge in [0.1, 0.15) is 6.29 Å². The Bertz CT molecular complexity index is 1450. The van der Waals surface area contributed by atoms with Gasteiger partial charge < -0.3 is 14.7 Å². The number of aromatic amines is 1. The van der Waals surface area contributed by atoms with Crippen molar-refractivity contribution in [3.8, 4) is 6.07 Å². The van der Waals surface area contributed by atoms with E-state index in [9.17, 15) is 0 Å². The third kappa shape index (κ3) is 14.7. The van der Waals surface area contributed by atoms with Crippen LogP contribution in [0.4, 0.5) is 0 Å². The topological polar surface area (TPSA) is 72.8 Å². The number of fused-ring (bicyclic) bond motifs is 3. The van der Waals surface area contributed by atoms with E-state index < -0.39 is 0 Å². The first-order valence-electron chi connectivity index (χ1n) is 16.9. The molecule has 2 aromatic carbocycles. The molecule has 1 aliphatic carbocycles. The number of rotatable bonds is 7. The summed E-state index contributed by atoms with van der Waals surface area (Å²) in [6.45, 7) is 16.1. The van der Waals surface area contributed by atoms with E-state index in [0.717, 1.165) is 65.0 Å². The lowest BCUT2D eigenvalue weighted by molar-refractivity contribution is -0.106. The first kappa shape index (κ1) is 41.1. The number of halogens is 2. The minimum absolute atomic E-state index is 0.285. The second-order valence-electron chi connectivity index (χ2n) is 11.9. The van der Waals surface area contributed by atoms with Gasteiger partial charge >= 0.3 is 0 Å². The lowest BCUT2D eigenvalue weighted by Crippen LogP contribution is -2.28. The molecule has 46 heavy (non-hydrogen) atoms. The summed E-state index contributed by atoms with van der Waals surface area (Å²) in [5.74, 6) is 1.95. The second-order valence-corrected chi connectivity index (χ2v) is 12.7. The number of aldehydes is 1. The predicted octanol–water partition coefficient (Wildman–Crippen LogP) is 11.8. The zero-order valence-electron chi connectivity index (χ0n) is 29.4. The number of pyridine rings is 1. The summed E-state index contributed by atoms with van der Waals surface area (Å²) in [6.07, 6.45) is 11.3. The van der Waals surface area contributed by atoms with Crippen molar-refractivity contribution in [2.45, 2.75) is 100.0 Å². The van der Waals surface area contributed by atoms with Gasteiger partial charge in [-0.25, -0.2) is 0 Å². The van der Waals surface area contributed by atoms with Gasteiger partial charge in [0.25, 0.3) is 0 Å². The third-order valence-corrected chi connectivity index (χ3v) is 8.74. The highest BCUT2D eigenvalue weighted by molar-refractivity contribution is 6.33. The fraction of sp³-hybridized carbons (Fsp3) is 0.513. The molecule has 1 saturated carbocycles. The zero-order valence-corrected chi connectivity index (χ0v) is 30.9. The Balaban J connectivity index is 0.000000414. The predicted molar refractivity (Wildman–Crippen MR) is 200 cm³/mol. The minimum Gasteiger partial charge on any atom is -0.353 e. The average Bonchev–Trinajstić information content (AvgIpc) is 3.43. The molecule has 0 amide bonds. The average molecular weight is 668 g/mol. The molecule has 2 aromatic heterocycles. The fourth-order valence-corrected chi connectivity index (χ4v) is 5.78. The van der Waals surface area contributed by atoms with Crippen LogP contribution >= 0.6 is 23.2 Å². The molecule has 0 radical (unpaired) electrons. The Hall–Kier alpha value is -2.91. The van der Waals surface area contributed by atoms with Crippen molar-refractivity contribution in [3.05, 3.63) is 76.0 Å². The van der Waals surface area contributed by atoms with E-state index in [0.29, 0.717) is 5.92 Å². The molecule has 0 saturated heterocycles. The van der Waals surface area contributed by atoms with Crippen LogP contribution in [0.1, 0.15) is 97.7 Å². The van der Waals surface area contributed by atoms with Crippen molar-refractivity contribution in [1.82, 2.24) is 14.9 Å². The van der Waals surface area contributed by atoms with Crippen LogP contribution in [0, 0.1) is 36.0 Å². The summed E-state index contributed by atoms with van der Waals surface area (Å²) >= 11 is 11.4. The second kappa shape index (κ2) is 23.4. The largest absolute Gasteiger partial charge is 0.353 e. The van der Waals surface area contributed by atoms with Gasteiger partial charge in [0.2, 0.25) is 0 Å². The van der Waals surface area contributed by atoms with Crippen LogP contribution in [-0.4, -0.2) is 34.7 Å². The van der Waals surface area contributed by atoms with Gasteiger partial charge in [-0.15, -0.1) is 0 Å². The maximum absolute atomic E-state index is 9.03. The van der Waals surface area contributed by atoms with E-state index in [-0.39, 0.29) is 5.92 Å². The maximum Gasteiger partial charge on any atom is 0.116 e. The van der Waals surface area contributed by atoms with Gasteiger partial charge in [-0.2, -0.15) is 5.26 Å². The van der Waals surface area contributed by atoms with E-state index in [1.165, 1.54) is 55.3 Å². The highest BCUT2D eigenvalue weighted by Gasteiger charge is 2.22. The quantitative estimate of drug-likeness (QED) is 0.199. The van der Waals surface area contributed by atoms with E-state index in [4.69, 9.17) is 33.3 Å². The number of nitrogens with zero attached hydrogens (tertiary/aromatic N) is 3. The number of aromatic nitrogens is 2. The van der Waals surface area contributed by atoms with Gasteiger partial charge in [0, 0.05) is 45.3 Å².